The van der Waals surface area contributed by atoms with Crippen molar-refractivity contribution in [1.29, 1.82) is 0 Å². The van der Waals surface area contributed by atoms with Gasteiger partial charge in [0.05, 0.1) is 6.54 Å². The molecule has 0 fully saturated rings. The monoisotopic (exact) mass is 275 g/mol. The predicted octanol–water partition coefficient (Wildman–Crippen LogP) is 2.23. The third kappa shape index (κ3) is 4.15. The Bertz CT molecular complexity index is 523. The lowest BCUT2D eigenvalue weighted by Crippen LogP contribution is -2.30. The molecule has 1 heterocycles. The highest BCUT2D eigenvalue weighted by atomic mass is 16.4. The molecule has 0 amide bonds. The minimum Gasteiger partial charge on any atom is -0.419 e. The number of nitrogens with zero attached hydrogens (tertiary/aromatic N) is 2. The fourth-order valence-corrected chi connectivity index (χ4v) is 1.92. The lowest BCUT2D eigenvalue weighted by molar-refractivity contribution is 0.206. The molecule has 2 rings (SSSR count). The van der Waals surface area contributed by atoms with Gasteiger partial charge >= 0.3 is 0 Å². The molecule has 0 saturated heterocycles. The van der Waals surface area contributed by atoms with E-state index in [0.717, 1.165) is 18.5 Å². The van der Waals surface area contributed by atoms with E-state index in [2.05, 4.69) is 29.4 Å². The van der Waals surface area contributed by atoms with Crippen LogP contribution in [0, 0.1) is 5.41 Å². The Morgan fingerprint density at radius 1 is 1.20 bits per heavy atom. The van der Waals surface area contributed by atoms with E-state index in [1.54, 1.807) is 0 Å². The van der Waals surface area contributed by atoms with Crippen LogP contribution in [0.4, 0.5) is 0 Å². The smallest absolute Gasteiger partial charge is 0.247 e. The second-order valence-electron chi connectivity index (χ2n) is 5.61. The van der Waals surface area contributed by atoms with Gasteiger partial charge in [0.15, 0.2) is 0 Å². The van der Waals surface area contributed by atoms with Crippen LogP contribution in [-0.2, 0) is 6.54 Å². The van der Waals surface area contributed by atoms with Gasteiger partial charge in [0.2, 0.25) is 11.8 Å². The van der Waals surface area contributed by atoms with Gasteiger partial charge in [-0.25, -0.2) is 0 Å². The summed E-state index contributed by atoms with van der Waals surface area (Å²) in [5.41, 5.74) is 0.976. The molecule has 5 nitrogen and oxygen atoms in total. The Hall–Kier alpha value is -1.72. The average Bonchev–Trinajstić information content (AvgIpc) is 2.88. The highest BCUT2D eigenvalue weighted by Gasteiger charge is 2.17. The summed E-state index contributed by atoms with van der Waals surface area (Å²) in [5, 5.41) is 20.3. The quantitative estimate of drug-likeness (QED) is 0.811. The van der Waals surface area contributed by atoms with Crippen molar-refractivity contribution in [3.05, 3.63) is 36.2 Å². The van der Waals surface area contributed by atoms with E-state index in [-0.39, 0.29) is 12.0 Å². The summed E-state index contributed by atoms with van der Waals surface area (Å²) in [4.78, 5) is 0. The van der Waals surface area contributed by atoms with E-state index < -0.39 is 0 Å². The van der Waals surface area contributed by atoms with Gasteiger partial charge < -0.3 is 14.8 Å². The van der Waals surface area contributed by atoms with E-state index in [1.165, 1.54) is 0 Å². The lowest BCUT2D eigenvalue weighted by Gasteiger charge is -2.23. The highest BCUT2D eigenvalue weighted by molar-refractivity contribution is 5.51. The molecule has 2 aromatic rings. The van der Waals surface area contributed by atoms with Crippen molar-refractivity contribution < 1.29 is 9.52 Å². The lowest BCUT2D eigenvalue weighted by atomic mass is 9.90. The van der Waals surface area contributed by atoms with Crippen molar-refractivity contribution in [2.75, 3.05) is 13.2 Å². The normalized spacial score (nSPS) is 11.8. The molecule has 0 aliphatic carbocycles. The van der Waals surface area contributed by atoms with Crippen molar-refractivity contribution >= 4 is 0 Å². The maximum atomic E-state index is 8.98. The molecule has 0 aliphatic rings. The van der Waals surface area contributed by atoms with Gasteiger partial charge in [-0.05, 0) is 24.0 Å². The summed E-state index contributed by atoms with van der Waals surface area (Å²) < 4.78 is 5.61. The van der Waals surface area contributed by atoms with Gasteiger partial charge in [-0.3, -0.25) is 0 Å². The summed E-state index contributed by atoms with van der Waals surface area (Å²) >= 11 is 0. The van der Waals surface area contributed by atoms with Crippen LogP contribution in [0.5, 0.6) is 0 Å². The summed E-state index contributed by atoms with van der Waals surface area (Å²) in [6.45, 7) is 5.75. The van der Waals surface area contributed by atoms with Crippen molar-refractivity contribution in [3.63, 3.8) is 0 Å². The Labute approximate surface area is 119 Å². The largest absolute Gasteiger partial charge is 0.419 e. The van der Waals surface area contributed by atoms with E-state index in [0.29, 0.717) is 18.3 Å². The molecule has 0 unspecified atom stereocenters. The number of benzene rings is 1. The zero-order valence-corrected chi connectivity index (χ0v) is 12.0. The fourth-order valence-electron chi connectivity index (χ4n) is 1.92. The van der Waals surface area contributed by atoms with Crippen LogP contribution in [0.1, 0.15) is 26.2 Å². The van der Waals surface area contributed by atoms with Crippen LogP contribution in [0.3, 0.4) is 0 Å². The maximum Gasteiger partial charge on any atom is 0.247 e. The maximum absolute atomic E-state index is 8.98. The molecular weight excluding hydrogens is 254 g/mol. The highest BCUT2D eigenvalue weighted by Crippen LogP contribution is 2.19. The molecule has 0 atom stereocenters. The number of nitrogens with one attached hydrogen (secondary N) is 1. The van der Waals surface area contributed by atoms with Crippen LogP contribution >= 0.6 is 0 Å². The number of aromatic nitrogens is 2. The molecule has 1 aromatic heterocycles. The molecule has 1 aromatic carbocycles. The molecular formula is C15H21N3O2. The molecule has 0 radical (unpaired) electrons. The van der Waals surface area contributed by atoms with Crippen LogP contribution in [0.25, 0.3) is 11.5 Å². The summed E-state index contributed by atoms with van der Waals surface area (Å²) in [5.74, 6) is 1.11. The van der Waals surface area contributed by atoms with Crippen molar-refractivity contribution in [2.45, 2.75) is 26.8 Å². The number of hydrogen-bond donors (Lipinski definition) is 2. The Morgan fingerprint density at radius 3 is 2.65 bits per heavy atom. The van der Waals surface area contributed by atoms with E-state index in [4.69, 9.17) is 9.52 Å². The van der Waals surface area contributed by atoms with Crippen molar-refractivity contribution in [2.24, 2.45) is 5.41 Å². The summed E-state index contributed by atoms with van der Waals surface area (Å²) in [7, 11) is 0. The van der Waals surface area contributed by atoms with Crippen LogP contribution in [0.15, 0.2) is 34.7 Å². The van der Waals surface area contributed by atoms with E-state index in [9.17, 15) is 0 Å². The van der Waals surface area contributed by atoms with Crippen LogP contribution < -0.4 is 5.32 Å². The second-order valence-corrected chi connectivity index (χ2v) is 5.61. The first-order valence-electron chi connectivity index (χ1n) is 6.80. The third-order valence-electron chi connectivity index (χ3n) is 3.16. The van der Waals surface area contributed by atoms with Gasteiger partial charge in [0.25, 0.3) is 0 Å². The summed E-state index contributed by atoms with van der Waals surface area (Å²) in [6, 6.07) is 9.71. The molecule has 5 heteroatoms. The van der Waals surface area contributed by atoms with Gasteiger partial charge in [-0.2, -0.15) is 0 Å². The zero-order valence-electron chi connectivity index (χ0n) is 12.0. The average molecular weight is 275 g/mol. The first kappa shape index (κ1) is 14.7. The van der Waals surface area contributed by atoms with Crippen LogP contribution in [-0.4, -0.2) is 28.5 Å². The molecule has 0 bridgehead atoms. The molecule has 0 spiro atoms. The zero-order chi connectivity index (χ0) is 14.4. The second kappa shape index (κ2) is 6.63. The summed E-state index contributed by atoms with van der Waals surface area (Å²) in [6.07, 6.45) is 0.763. The minimum absolute atomic E-state index is 0.0526. The molecule has 0 aliphatic heterocycles. The number of aliphatic hydroxyl groups excluding tert-OH is 1. The van der Waals surface area contributed by atoms with Crippen LogP contribution in [0.2, 0.25) is 0 Å². The predicted molar refractivity (Wildman–Crippen MR) is 76.9 cm³/mol. The standard InChI is InChI=1S/C15H21N3O2/c1-15(2,8-9-19)11-16-10-13-17-18-14(20-13)12-6-4-3-5-7-12/h3-7,16,19H,8-11H2,1-2H3. The molecule has 0 saturated carbocycles. The SMILES string of the molecule is CC(C)(CCO)CNCc1nnc(-c2ccccc2)o1. The minimum atomic E-state index is 0.0526. The van der Waals surface area contributed by atoms with Crippen molar-refractivity contribution in [3.8, 4) is 11.5 Å². The third-order valence-corrected chi connectivity index (χ3v) is 3.16. The molecule has 2 N–H and O–H groups in total. The Balaban J connectivity index is 1.88. The van der Waals surface area contributed by atoms with E-state index >= 15 is 0 Å². The van der Waals surface area contributed by atoms with Gasteiger partial charge in [0, 0.05) is 18.7 Å². The van der Waals surface area contributed by atoms with Gasteiger partial charge in [0.1, 0.15) is 0 Å². The molecule has 108 valence electrons. The number of rotatable bonds is 7. The first-order valence-corrected chi connectivity index (χ1v) is 6.80. The van der Waals surface area contributed by atoms with Gasteiger partial charge in [-0.15, -0.1) is 10.2 Å². The Kier molecular flexibility index (Phi) is 4.87. The van der Waals surface area contributed by atoms with Gasteiger partial charge in [-0.1, -0.05) is 32.0 Å². The fraction of sp³-hybridized carbons (Fsp3) is 0.467. The molecule has 20 heavy (non-hydrogen) atoms. The topological polar surface area (TPSA) is 71.2 Å². The Morgan fingerprint density at radius 2 is 1.95 bits per heavy atom. The first-order chi connectivity index (χ1) is 9.61. The van der Waals surface area contributed by atoms with E-state index in [1.807, 2.05) is 30.3 Å². The number of hydrogen-bond acceptors (Lipinski definition) is 5. The van der Waals surface area contributed by atoms with Crippen molar-refractivity contribution in [1.82, 2.24) is 15.5 Å². The number of aliphatic hydroxyl groups is 1.